The molecule has 0 spiro atoms. The molecule has 0 bridgehead atoms. The number of nitrogens with zero attached hydrogens (tertiary/aromatic N) is 2. The lowest BCUT2D eigenvalue weighted by Crippen LogP contribution is -2.31. The summed E-state index contributed by atoms with van der Waals surface area (Å²) in [5.41, 5.74) is 0. The molecule has 5 nitrogen and oxygen atoms in total. The summed E-state index contributed by atoms with van der Waals surface area (Å²) in [7, 11) is 0. The van der Waals surface area contributed by atoms with Crippen molar-refractivity contribution in [2.45, 2.75) is 0 Å². The standard InChI is InChI=1S/C12H13N3O2/c13-3-10-1-2-11(17-10)12(16)15-6-8-4-14-5-9(8)7-15/h1-2,8-9,14H,4-7H2. The van der Waals surface area contributed by atoms with E-state index in [1.54, 1.807) is 6.07 Å². The Morgan fingerprint density at radius 3 is 2.71 bits per heavy atom. The van der Waals surface area contributed by atoms with E-state index in [0.717, 1.165) is 26.2 Å². The molecule has 2 aliphatic rings. The Balaban J connectivity index is 1.73. The topological polar surface area (TPSA) is 69.3 Å². The van der Waals surface area contributed by atoms with Gasteiger partial charge in [0.25, 0.3) is 5.91 Å². The molecular weight excluding hydrogens is 218 g/mol. The van der Waals surface area contributed by atoms with Gasteiger partial charge in [-0.15, -0.1) is 0 Å². The van der Waals surface area contributed by atoms with Gasteiger partial charge in [-0.3, -0.25) is 4.79 Å². The van der Waals surface area contributed by atoms with Gasteiger partial charge < -0.3 is 14.6 Å². The zero-order chi connectivity index (χ0) is 11.8. The average molecular weight is 231 g/mol. The molecule has 2 fully saturated rings. The van der Waals surface area contributed by atoms with E-state index >= 15 is 0 Å². The number of hydrogen-bond donors (Lipinski definition) is 1. The van der Waals surface area contributed by atoms with Crippen molar-refractivity contribution in [3.63, 3.8) is 0 Å². The average Bonchev–Trinajstić information content (AvgIpc) is 3.02. The predicted molar refractivity (Wildman–Crippen MR) is 59.2 cm³/mol. The summed E-state index contributed by atoms with van der Waals surface area (Å²) in [4.78, 5) is 13.9. The number of nitriles is 1. The van der Waals surface area contributed by atoms with Crippen LogP contribution in [-0.2, 0) is 0 Å². The smallest absolute Gasteiger partial charge is 0.289 e. The molecule has 0 aromatic carbocycles. The highest BCUT2D eigenvalue weighted by Gasteiger charge is 2.38. The summed E-state index contributed by atoms with van der Waals surface area (Å²) in [5.74, 6) is 1.51. The van der Waals surface area contributed by atoms with Crippen LogP contribution in [0.2, 0.25) is 0 Å². The van der Waals surface area contributed by atoms with Gasteiger partial charge in [-0.1, -0.05) is 0 Å². The molecule has 0 saturated carbocycles. The van der Waals surface area contributed by atoms with Crippen LogP contribution in [0.3, 0.4) is 0 Å². The van der Waals surface area contributed by atoms with Crippen molar-refractivity contribution in [2.75, 3.05) is 26.2 Å². The van der Waals surface area contributed by atoms with Crippen molar-refractivity contribution in [2.24, 2.45) is 11.8 Å². The van der Waals surface area contributed by atoms with Crippen molar-refractivity contribution in [1.82, 2.24) is 10.2 Å². The van der Waals surface area contributed by atoms with Crippen molar-refractivity contribution in [3.05, 3.63) is 23.7 Å². The maximum atomic E-state index is 12.1. The van der Waals surface area contributed by atoms with Gasteiger partial charge in [-0.05, 0) is 24.0 Å². The molecule has 2 unspecified atom stereocenters. The fourth-order valence-electron chi connectivity index (χ4n) is 2.69. The summed E-state index contributed by atoms with van der Waals surface area (Å²) in [6, 6.07) is 5.00. The molecule has 0 radical (unpaired) electrons. The highest BCUT2D eigenvalue weighted by Crippen LogP contribution is 2.27. The molecule has 1 N–H and O–H groups in total. The Morgan fingerprint density at radius 2 is 2.12 bits per heavy atom. The summed E-state index contributed by atoms with van der Waals surface area (Å²) in [6.07, 6.45) is 0. The van der Waals surface area contributed by atoms with Crippen LogP contribution in [-0.4, -0.2) is 37.0 Å². The van der Waals surface area contributed by atoms with Crippen molar-refractivity contribution >= 4 is 5.91 Å². The third-order valence-corrected chi connectivity index (χ3v) is 3.60. The van der Waals surface area contributed by atoms with Gasteiger partial charge in [0.15, 0.2) is 5.76 Å². The summed E-state index contributed by atoms with van der Waals surface area (Å²) in [5, 5.41) is 12.0. The molecule has 2 saturated heterocycles. The van der Waals surface area contributed by atoms with Crippen molar-refractivity contribution < 1.29 is 9.21 Å². The fourth-order valence-corrected chi connectivity index (χ4v) is 2.69. The highest BCUT2D eigenvalue weighted by atomic mass is 16.3. The van der Waals surface area contributed by atoms with E-state index in [4.69, 9.17) is 9.68 Å². The molecule has 2 atom stereocenters. The molecule has 1 amide bonds. The van der Waals surface area contributed by atoms with Crippen LogP contribution in [0.15, 0.2) is 16.5 Å². The molecule has 1 aromatic heterocycles. The Labute approximate surface area is 99.0 Å². The van der Waals surface area contributed by atoms with Crippen LogP contribution in [0.4, 0.5) is 0 Å². The first-order valence-corrected chi connectivity index (χ1v) is 5.78. The van der Waals surface area contributed by atoms with E-state index in [2.05, 4.69) is 5.32 Å². The first-order chi connectivity index (χ1) is 8.28. The minimum absolute atomic E-state index is 0.0964. The number of carbonyl (C=O) groups excluding carboxylic acids is 1. The molecule has 2 aliphatic heterocycles. The summed E-state index contributed by atoms with van der Waals surface area (Å²) >= 11 is 0. The molecule has 3 heterocycles. The predicted octanol–water partition coefficient (Wildman–Crippen LogP) is 0.443. The number of likely N-dealkylation sites (tertiary alicyclic amines) is 1. The normalized spacial score (nSPS) is 26.9. The van der Waals surface area contributed by atoms with Gasteiger partial charge in [0.05, 0.1) is 0 Å². The largest absolute Gasteiger partial charge is 0.440 e. The maximum absolute atomic E-state index is 12.1. The molecular formula is C12H13N3O2. The second kappa shape index (κ2) is 3.90. The number of hydrogen-bond acceptors (Lipinski definition) is 4. The lowest BCUT2D eigenvalue weighted by Gasteiger charge is -2.15. The van der Waals surface area contributed by atoms with E-state index in [0.29, 0.717) is 11.8 Å². The summed E-state index contributed by atoms with van der Waals surface area (Å²) < 4.78 is 5.16. The Hall–Kier alpha value is -1.80. The van der Waals surface area contributed by atoms with E-state index in [1.165, 1.54) is 6.07 Å². The first kappa shape index (κ1) is 10.4. The monoisotopic (exact) mass is 231 g/mol. The molecule has 3 rings (SSSR count). The van der Waals surface area contributed by atoms with Gasteiger partial charge in [0, 0.05) is 26.2 Å². The van der Waals surface area contributed by atoms with Crippen LogP contribution in [0.25, 0.3) is 0 Å². The SMILES string of the molecule is N#Cc1ccc(C(=O)N2CC3CNCC3C2)o1. The maximum Gasteiger partial charge on any atom is 0.289 e. The number of rotatable bonds is 1. The molecule has 5 heteroatoms. The number of carbonyl (C=O) groups is 1. The minimum Gasteiger partial charge on any atom is -0.440 e. The zero-order valence-corrected chi connectivity index (χ0v) is 9.35. The van der Waals surface area contributed by atoms with Gasteiger partial charge >= 0.3 is 0 Å². The quantitative estimate of drug-likeness (QED) is 0.761. The van der Waals surface area contributed by atoms with Crippen LogP contribution in [0, 0.1) is 23.2 Å². The van der Waals surface area contributed by atoms with E-state index in [9.17, 15) is 4.79 Å². The summed E-state index contributed by atoms with van der Waals surface area (Å²) in [6.45, 7) is 3.57. The van der Waals surface area contributed by atoms with E-state index < -0.39 is 0 Å². The second-order valence-corrected chi connectivity index (χ2v) is 4.66. The van der Waals surface area contributed by atoms with Crippen LogP contribution >= 0.6 is 0 Å². The van der Waals surface area contributed by atoms with Crippen molar-refractivity contribution in [3.8, 4) is 6.07 Å². The number of fused-ring (bicyclic) bond motifs is 1. The van der Waals surface area contributed by atoms with Gasteiger partial charge in [0.1, 0.15) is 6.07 Å². The second-order valence-electron chi connectivity index (χ2n) is 4.66. The Kier molecular flexibility index (Phi) is 2.37. The molecule has 88 valence electrons. The van der Waals surface area contributed by atoms with Gasteiger partial charge in [-0.25, -0.2) is 0 Å². The highest BCUT2D eigenvalue weighted by molar-refractivity contribution is 5.91. The fraction of sp³-hybridized carbons (Fsp3) is 0.500. The zero-order valence-electron chi connectivity index (χ0n) is 9.35. The van der Waals surface area contributed by atoms with Crippen LogP contribution < -0.4 is 5.32 Å². The third-order valence-electron chi connectivity index (χ3n) is 3.60. The molecule has 17 heavy (non-hydrogen) atoms. The van der Waals surface area contributed by atoms with Gasteiger partial charge in [0.2, 0.25) is 5.76 Å². The molecule has 1 aromatic rings. The number of furan rings is 1. The first-order valence-electron chi connectivity index (χ1n) is 5.78. The van der Waals surface area contributed by atoms with E-state index in [-0.39, 0.29) is 17.4 Å². The van der Waals surface area contributed by atoms with Crippen LogP contribution in [0.1, 0.15) is 16.3 Å². The number of nitrogens with one attached hydrogen (secondary N) is 1. The van der Waals surface area contributed by atoms with Gasteiger partial charge in [-0.2, -0.15) is 5.26 Å². The Morgan fingerprint density at radius 1 is 1.41 bits per heavy atom. The lowest BCUT2D eigenvalue weighted by atomic mass is 10.0. The third kappa shape index (κ3) is 1.71. The molecule has 0 aliphatic carbocycles. The Bertz CT molecular complexity index is 476. The van der Waals surface area contributed by atoms with E-state index in [1.807, 2.05) is 11.0 Å². The lowest BCUT2D eigenvalue weighted by molar-refractivity contribution is 0.0749. The van der Waals surface area contributed by atoms with Crippen LogP contribution in [0.5, 0.6) is 0 Å². The number of amides is 1. The van der Waals surface area contributed by atoms with Crippen molar-refractivity contribution in [1.29, 1.82) is 5.26 Å². The minimum atomic E-state index is -0.0964.